The largest absolute Gasteiger partial charge is 0.494 e. The van der Waals surface area contributed by atoms with Crippen molar-refractivity contribution >= 4 is 0 Å². The minimum Gasteiger partial charge on any atom is -0.494 e. The van der Waals surface area contributed by atoms with Gasteiger partial charge in [-0.15, -0.1) is 0 Å². The van der Waals surface area contributed by atoms with E-state index in [0.29, 0.717) is 43.1 Å². The molecule has 1 saturated carbocycles. The molecule has 1 aliphatic heterocycles. The fraction of sp³-hybridized carbons (Fsp3) is 0.600. The van der Waals surface area contributed by atoms with Crippen molar-refractivity contribution in [3.8, 4) is 11.5 Å². The molecular formula is C30H39F3O3. The lowest BCUT2D eigenvalue weighted by atomic mass is 9.76. The van der Waals surface area contributed by atoms with Crippen LogP contribution in [-0.2, 0) is 4.74 Å². The molecule has 2 fully saturated rings. The van der Waals surface area contributed by atoms with Crippen LogP contribution in [0.2, 0.25) is 0 Å². The van der Waals surface area contributed by atoms with Crippen LogP contribution in [0.3, 0.4) is 0 Å². The molecule has 0 N–H and O–H groups in total. The van der Waals surface area contributed by atoms with Gasteiger partial charge in [-0.2, -0.15) is 0 Å². The molecule has 2 unspecified atom stereocenters. The molecule has 2 aromatic rings. The van der Waals surface area contributed by atoms with Gasteiger partial charge in [-0.25, -0.2) is 13.2 Å². The molecule has 0 amide bonds. The van der Waals surface area contributed by atoms with Gasteiger partial charge >= 0.3 is 0 Å². The highest BCUT2D eigenvalue weighted by Crippen LogP contribution is 2.43. The van der Waals surface area contributed by atoms with Crippen molar-refractivity contribution < 1.29 is 27.4 Å². The maximum absolute atomic E-state index is 15.5. The molecule has 1 saturated heterocycles. The van der Waals surface area contributed by atoms with Gasteiger partial charge in [0.1, 0.15) is 23.9 Å². The van der Waals surface area contributed by atoms with Crippen molar-refractivity contribution in [2.45, 2.75) is 89.6 Å². The summed E-state index contributed by atoms with van der Waals surface area (Å²) >= 11 is 0. The molecule has 1 heterocycles. The van der Waals surface area contributed by atoms with E-state index in [2.05, 4.69) is 6.92 Å². The van der Waals surface area contributed by atoms with E-state index in [1.165, 1.54) is 6.42 Å². The fourth-order valence-corrected chi connectivity index (χ4v) is 5.86. The Morgan fingerprint density at radius 1 is 0.833 bits per heavy atom. The van der Waals surface area contributed by atoms with Gasteiger partial charge in [0.15, 0.2) is 0 Å². The van der Waals surface area contributed by atoms with Crippen molar-refractivity contribution in [1.82, 2.24) is 0 Å². The molecule has 0 spiro atoms. The van der Waals surface area contributed by atoms with E-state index in [1.807, 2.05) is 31.2 Å². The Kier molecular flexibility index (Phi) is 9.58. The van der Waals surface area contributed by atoms with Gasteiger partial charge in [0.25, 0.3) is 6.43 Å². The first-order chi connectivity index (χ1) is 17.5. The number of hydrogen-bond donors (Lipinski definition) is 0. The Balaban J connectivity index is 1.35. The fourth-order valence-electron chi connectivity index (χ4n) is 5.86. The second kappa shape index (κ2) is 12.8. The van der Waals surface area contributed by atoms with E-state index < -0.39 is 17.8 Å². The minimum atomic E-state index is -2.84. The van der Waals surface area contributed by atoms with Crippen LogP contribution in [0.25, 0.3) is 0 Å². The number of hydrogen-bond acceptors (Lipinski definition) is 3. The molecule has 2 atom stereocenters. The number of alkyl halides is 2. The summed E-state index contributed by atoms with van der Waals surface area (Å²) in [7, 11) is 0. The lowest BCUT2D eigenvalue weighted by molar-refractivity contribution is -0.0218. The predicted octanol–water partition coefficient (Wildman–Crippen LogP) is 8.58. The second-order valence-corrected chi connectivity index (χ2v) is 10.2. The van der Waals surface area contributed by atoms with Crippen LogP contribution < -0.4 is 9.47 Å². The molecule has 198 valence electrons. The molecule has 6 heteroatoms. The monoisotopic (exact) mass is 504 g/mol. The quantitative estimate of drug-likeness (QED) is 0.324. The number of benzene rings is 2. The first-order valence-corrected chi connectivity index (χ1v) is 13.6. The molecule has 0 bridgehead atoms. The van der Waals surface area contributed by atoms with Crippen LogP contribution in [-0.4, -0.2) is 25.9 Å². The van der Waals surface area contributed by atoms with Gasteiger partial charge in [-0.3, -0.25) is 0 Å². The third kappa shape index (κ3) is 6.56. The Labute approximate surface area is 213 Å². The van der Waals surface area contributed by atoms with Crippen LogP contribution in [0.15, 0.2) is 36.4 Å². The van der Waals surface area contributed by atoms with E-state index in [9.17, 15) is 8.78 Å². The molecule has 4 rings (SSSR count). The zero-order valence-electron chi connectivity index (χ0n) is 21.5. The van der Waals surface area contributed by atoms with E-state index in [1.54, 1.807) is 12.1 Å². The summed E-state index contributed by atoms with van der Waals surface area (Å²) in [4.78, 5) is 0. The van der Waals surface area contributed by atoms with Crippen LogP contribution in [0.1, 0.15) is 100 Å². The number of halogens is 3. The molecular weight excluding hydrogens is 465 g/mol. The normalized spacial score (nSPS) is 24.6. The first-order valence-electron chi connectivity index (χ1n) is 13.6. The zero-order valence-corrected chi connectivity index (χ0v) is 21.5. The van der Waals surface area contributed by atoms with Crippen LogP contribution >= 0.6 is 0 Å². The Morgan fingerprint density at radius 3 is 2.06 bits per heavy atom. The van der Waals surface area contributed by atoms with Crippen molar-refractivity contribution in [3.05, 3.63) is 58.9 Å². The predicted molar refractivity (Wildman–Crippen MR) is 136 cm³/mol. The molecule has 0 aromatic heterocycles. The summed E-state index contributed by atoms with van der Waals surface area (Å²) < 4.78 is 60.9. The third-order valence-corrected chi connectivity index (χ3v) is 7.83. The maximum atomic E-state index is 15.5. The zero-order chi connectivity index (χ0) is 25.5. The highest BCUT2D eigenvalue weighted by Gasteiger charge is 2.32. The van der Waals surface area contributed by atoms with Crippen molar-refractivity contribution in [2.24, 2.45) is 5.92 Å². The Morgan fingerprint density at radius 2 is 1.47 bits per heavy atom. The molecule has 2 aromatic carbocycles. The van der Waals surface area contributed by atoms with Gasteiger partial charge in [-0.1, -0.05) is 31.9 Å². The average molecular weight is 505 g/mol. The third-order valence-electron chi connectivity index (χ3n) is 7.83. The van der Waals surface area contributed by atoms with Crippen molar-refractivity contribution in [3.63, 3.8) is 0 Å². The first kappa shape index (κ1) is 26.8. The summed E-state index contributed by atoms with van der Waals surface area (Å²) in [6.45, 7) is 5.40. The Bertz CT molecular complexity index is 947. The Hall–Kier alpha value is -2.21. The topological polar surface area (TPSA) is 27.7 Å². The van der Waals surface area contributed by atoms with Crippen LogP contribution in [0.5, 0.6) is 11.5 Å². The standard InChI is InChI=1S/C30H39F3O3/c1-3-5-20-6-8-21(9-7-20)27-17-16-26(28(29(27)31)30(32)33)22-10-11-25(35-18-22)19-36-24-14-12-23(13-15-24)34-4-2/h12-17,20-22,25,30H,3-11,18-19H2,1-2H3. The molecule has 2 aliphatic rings. The van der Waals surface area contributed by atoms with Gasteiger partial charge in [0, 0.05) is 5.92 Å². The highest BCUT2D eigenvalue weighted by atomic mass is 19.3. The van der Waals surface area contributed by atoms with Crippen molar-refractivity contribution in [2.75, 3.05) is 19.8 Å². The highest BCUT2D eigenvalue weighted by molar-refractivity contribution is 5.39. The molecule has 36 heavy (non-hydrogen) atoms. The lowest BCUT2D eigenvalue weighted by Gasteiger charge is -2.32. The van der Waals surface area contributed by atoms with E-state index in [-0.39, 0.29) is 24.5 Å². The van der Waals surface area contributed by atoms with E-state index in [4.69, 9.17) is 14.2 Å². The number of ether oxygens (including phenoxy) is 3. The summed E-state index contributed by atoms with van der Waals surface area (Å²) in [5.41, 5.74) is 0.458. The van der Waals surface area contributed by atoms with E-state index in [0.717, 1.165) is 43.6 Å². The lowest BCUT2D eigenvalue weighted by Crippen LogP contribution is -2.30. The average Bonchev–Trinajstić information content (AvgIpc) is 2.89. The summed E-state index contributed by atoms with van der Waals surface area (Å²) in [6.07, 6.45) is 4.62. The summed E-state index contributed by atoms with van der Waals surface area (Å²) in [5, 5.41) is 0. The van der Waals surface area contributed by atoms with Gasteiger partial charge < -0.3 is 14.2 Å². The van der Waals surface area contributed by atoms with Crippen LogP contribution in [0, 0.1) is 11.7 Å². The van der Waals surface area contributed by atoms with Crippen LogP contribution in [0.4, 0.5) is 13.2 Å². The van der Waals surface area contributed by atoms with Crippen molar-refractivity contribution in [1.29, 1.82) is 0 Å². The second-order valence-electron chi connectivity index (χ2n) is 10.2. The van der Waals surface area contributed by atoms with Gasteiger partial charge in [0.05, 0.1) is 24.9 Å². The number of rotatable bonds is 10. The summed E-state index contributed by atoms with van der Waals surface area (Å²) in [6, 6.07) is 10.9. The minimum absolute atomic E-state index is 0.0383. The maximum Gasteiger partial charge on any atom is 0.266 e. The van der Waals surface area contributed by atoms with Gasteiger partial charge in [-0.05, 0) is 92.7 Å². The van der Waals surface area contributed by atoms with E-state index >= 15 is 4.39 Å². The van der Waals surface area contributed by atoms with Gasteiger partial charge in [0.2, 0.25) is 0 Å². The summed E-state index contributed by atoms with van der Waals surface area (Å²) in [5.74, 6) is 1.32. The molecule has 1 aliphatic carbocycles. The molecule has 3 nitrogen and oxygen atoms in total. The molecule has 0 radical (unpaired) electrons. The SMILES string of the molecule is CCCC1CCC(c2ccc(C3CCC(COc4ccc(OCC)cc4)OC3)c(C(F)F)c2F)CC1. The smallest absolute Gasteiger partial charge is 0.266 e.